The fourth-order valence-electron chi connectivity index (χ4n) is 4.03. The van der Waals surface area contributed by atoms with Gasteiger partial charge in [-0.15, -0.1) is 0 Å². The highest BCUT2D eigenvalue weighted by molar-refractivity contribution is 5.95. The summed E-state index contributed by atoms with van der Waals surface area (Å²) in [4.78, 5) is 14.9. The molecule has 29 heavy (non-hydrogen) atoms. The Balaban J connectivity index is 1.50. The van der Waals surface area contributed by atoms with Crippen LogP contribution in [0.1, 0.15) is 55.5 Å². The first-order chi connectivity index (χ1) is 14.2. The Hall–Kier alpha value is -2.49. The van der Waals surface area contributed by atoms with Gasteiger partial charge >= 0.3 is 0 Å². The van der Waals surface area contributed by atoms with Gasteiger partial charge in [0.15, 0.2) is 11.5 Å². The molecule has 0 aromatic heterocycles. The number of amides is 1. The number of nitrogens with zero attached hydrogens (tertiary/aromatic N) is 1. The molecular weight excluding hydrogens is 362 g/mol. The van der Waals surface area contributed by atoms with Crippen molar-refractivity contribution in [3.63, 3.8) is 0 Å². The number of likely N-dealkylation sites (tertiary alicyclic amines) is 1. The first-order valence-electron chi connectivity index (χ1n) is 10.9. The molecule has 1 aliphatic heterocycles. The molecule has 1 heterocycles. The summed E-state index contributed by atoms with van der Waals surface area (Å²) in [7, 11) is 0. The smallest absolute Gasteiger partial charge is 0.253 e. The van der Waals surface area contributed by atoms with E-state index in [1.165, 1.54) is 18.4 Å². The van der Waals surface area contributed by atoms with Crippen LogP contribution in [0.25, 0.3) is 0 Å². The van der Waals surface area contributed by atoms with Crippen LogP contribution in [0.15, 0.2) is 48.5 Å². The van der Waals surface area contributed by atoms with E-state index in [2.05, 4.69) is 30.3 Å². The average molecular weight is 396 g/mol. The van der Waals surface area contributed by atoms with Crippen molar-refractivity contribution in [1.29, 1.82) is 0 Å². The Labute approximate surface area is 174 Å². The zero-order chi connectivity index (χ0) is 20.5. The molecular formula is C25H33NO3. The molecule has 1 aliphatic rings. The summed E-state index contributed by atoms with van der Waals surface area (Å²) >= 11 is 0. The highest BCUT2D eigenvalue weighted by Crippen LogP contribution is 2.30. The summed E-state index contributed by atoms with van der Waals surface area (Å²) in [6.07, 6.45) is 5.80. The number of benzene rings is 2. The van der Waals surface area contributed by atoms with Gasteiger partial charge in [0, 0.05) is 18.7 Å². The standard InChI is InChI=1S/C25H33NO3/c1-3-28-23-14-13-22(19-24(23)29-4-2)25(27)26-17-15-21(16-18-26)12-8-11-20-9-6-5-7-10-20/h5-7,9-10,13-14,19,21H,3-4,8,11-12,15-18H2,1-2H3. The molecule has 0 bridgehead atoms. The van der Waals surface area contributed by atoms with E-state index < -0.39 is 0 Å². The minimum atomic E-state index is 0.0942. The van der Waals surface area contributed by atoms with E-state index in [1.807, 2.05) is 36.9 Å². The molecule has 2 aromatic carbocycles. The van der Waals surface area contributed by atoms with Gasteiger partial charge in [-0.1, -0.05) is 30.3 Å². The van der Waals surface area contributed by atoms with Crippen molar-refractivity contribution in [2.24, 2.45) is 5.92 Å². The van der Waals surface area contributed by atoms with Crippen molar-refractivity contribution in [3.8, 4) is 11.5 Å². The van der Waals surface area contributed by atoms with Crippen molar-refractivity contribution in [3.05, 3.63) is 59.7 Å². The van der Waals surface area contributed by atoms with Gasteiger partial charge in [-0.05, 0) is 75.6 Å². The Morgan fingerprint density at radius 3 is 2.34 bits per heavy atom. The van der Waals surface area contributed by atoms with Crippen LogP contribution >= 0.6 is 0 Å². The van der Waals surface area contributed by atoms with Gasteiger partial charge < -0.3 is 14.4 Å². The third-order valence-electron chi connectivity index (χ3n) is 5.61. The predicted molar refractivity (Wildman–Crippen MR) is 117 cm³/mol. The van der Waals surface area contributed by atoms with E-state index in [9.17, 15) is 4.79 Å². The summed E-state index contributed by atoms with van der Waals surface area (Å²) in [6.45, 7) is 6.68. The maximum absolute atomic E-state index is 13.0. The van der Waals surface area contributed by atoms with Crippen molar-refractivity contribution in [2.75, 3.05) is 26.3 Å². The quantitative estimate of drug-likeness (QED) is 0.574. The average Bonchev–Trinajstić information content (AvgIpc) is 2.76. The lowest BCUT2D eigenvalue weighted by atomic mass is 9.90. The molecule has 0 spiro atoms. The van der Waals surface area contributed by atoms with Gasteiger partial charge in [0.25, 0.3) is 5.91 Å². The summed E-state index contributed by atoms with van der Waals surface area (Å²) in [6, 6.07) is 16.2. The van der Waals surface area contributed by atoms with Gasteiger partial charge in [-0.3, -0.25) is 4.79 Å². The lowest BCUT2D eigenvalue weighted by Gasteiger charge is -2.32. The van der Waals surface area contributed by atoms with Crippen molar-refractivity contribution in [2.45, 2.75) is 46.0 Å². The number of carbonyl (C=O) groups excluding carboxylic acids is 1. The van der Waals surface area contributed by atoms with Crippen molar-refractivity contribution >= 4 is 5.91 Å². The minimum Gasteiger partial charge on any atom is -0.490 e. The molecule has 156 valence electrons. The molecule has 0 atom stereocenters. The van der Waals surface area contributed by atoms with Gasteiger partial charge in [0.1, 0.15) is 0 Å². The van der Waals surface area contributed by atoms with Crippen molar-refractivity contribution < 1.29 is 14.3 Å². The first kappa shape index (κ1) is 21.2. The first-order valence-corrected chi connectivity index (χ1v) is 10.9. The lowest BCUT2D eigenvalue weighted by molar-refractivity contribution is 0.0685. The van der Waals surface area contributed by atoms with Crippen LogP contribution in [-0.2, 0) is 6.42 Å². The van der Waals surface area contributed by atoms with E-state index in [0.29, 0.717) is 30.3 Å². The maximum atomic E-state index is 13.0. The molecule has 1 amide bonds. The fourth-order valence-corrected chi connectivity index (χ4v) is 4.03. The monoisotopic (exact) mass is 395 g/mol. The van der Waals surface area contributed by atoms with Crippen LogP contribution in [0.3, 0.4) is 0 Å². The van der Waals surface area contributed by atoms with Gasteiger partial charge in [0.2, 0.25) is 0 Å². The zero-order valence-electron chi connectivity index (χ0n) is 17.7. The highest BCUT2D eigenvalue weighted by Gasteiger charge is 2.24. The Bertz CT molecular complexity index is 767. The zero-order valence-corrected chi connectivity index (χ0v) is 17.7. The molecule has 0 saturated carbocycles. The van der Waals surface area contributed by atoms with Gasteiger partial charge in [-0.2, -0.15) is 0 Å². The molecule has 1 saturated heterocycles. The lowest BCUT2D eigenvalue weighted by Crippen LogP contribution is -2.38. The second-order valence-corrected chi connectivity index (χ2v) is 7.64. The molecule has 0 unspecified atom stereocenters. The van der Waals surface area contributed by atoms with Crippen LogP contribution in [0, 0.1) is 5.92 Å². The van der Waals surface area contributed by atoms with E-state index in [4.69, 9.17) is 9.47 Å². The van der Waals surface area contributed by atoms with Crippen LogP contribution in [0.4, 0.5) is 0 Å². The molecule has 4 nitrogen and oxygen atoms in total. The fraction of sp³-hybridized carbons (Fsp3) is 0.480. The summed E-state index contributed by atoms with van der Waals surface area (Å²) < 4.78 is 11.3. The normalized spacial score (nSPS) is 14.6. The Morgan fingerprint density at radius 1 is 0.966 bits per heavy atom. The number of ether oxygens (including phenoxy) is 2. The number of rotatable bonds is 9. The van der Waals surface area contributed by atoms with Crippen LogP contribution in [0.5, 0.6) is 11.5 Å². The molecule has 1 fully saturated rings. The maximum Gasteiger partial charge on any atom is 0.253 e. The second-order valence-electron chi connectivity index (χ2n) is 7.64. The Kier molecular flexibility index (Phi) is 7.97. The number of hydrogen-bond donors (Lipinski definition) is 0. The summed E-state index contributed by atoms with van der Waals surface area (Å²) in [5.41, 5.74) is 2.10. The molecule has 4 heteroatoms. The SMILES string of the molecule is CCOc1ccc(C(=O)N2CCC(CCCc3ccccc3)CC2)cc1OCC. The molecule has 3 rings (SSSR count). The molecule has 0 N–H and O–H groups in total. The van der Waals surface area contributed by atoms with Crippen LogP contribution in [-0.4, -0.2) is 37.1 Å². The number of piperidine rings is 1. The topological polar surface area (TPSA) is 38.8 Å². The van der Waals surface area contributed by atoms with Gasteiger partial charge in [-0.25, -0.2) is 0 Å². The van der Waals surface area contributed by atoms with Crippen molar-refractivity contribution in [1.82, 2.24) is 4.90 Å². The largest absolute Gasteiger partial charge is 0.490 e. The third-order valence-corrected chi connectivity index (χ3v) is 5.61. The van der Waals surface area contributed by atoms with Crippen LogP contribution in [0.2, 0.25) is 0 Å². The minimum absolute atomic E-state index is 0.0942. The number of aryl methyl sites for hydroxylation is 1. The third kappa shape index (κ3) is 5.99. The highest BCUT2D eigenvalue weighted by atomic mass is 16.5. The van der Waals surface area contributed by atoms with E-state index >= 15 is 0 Å². The molecule has 2 aromatic rings. The van der Waals surface area contributed by atoms with Gasteiger partial charge in [0.05, 0.1) is 13.2 Å². The number of hydrogen-bond acceptors (Lipinski definition) is 3. The van der Waals surface area contributed by atoms with E-state index in [0.717, 1.165) is 38.3 Å². The summed E-state index contributed by atoms with van der Waals surface area (Å²) in [5, 5.41) is 0. The van der Waals surface area contributed by atoms with Crippen LogP contribution < -0.4 is 9.47 Å². The molecule has 0 aliphatic carbocycles. The second kappa shape index (κ2) is 10.9. The molecule has 0 radical (unpaired) electrons. The predicted octanol–water partition coefficient (Wildman–Crippen LogP) is 5.36. The number of carbonyl (C=O) groups is 1. The van der Waals surface area contributed by atoms with E-state index in [-0.39, 0.29) is 5.91 Å². The Morgan fingerprint density at radius 2 is 1.66 bits per heavy atom. The van der Waals surface area contributed by atoms with E-state index in [1.54, 1.807) is 0 Å². The summed E-state index contributed by atoms with van der Waals surface area (Å²) in [5.74, 6) is 2.16.